The van der Waals surface area contributed by atoms with Crippen molar-refractivity contribution in [3.05, 3.63) is 78.1 Å². The van der Waals surface area contributed by atoms with Crippen LogP contribution in [0.3, 0.4) is 0 Å². The molecule has 158 valence electrons. The van der Waals surface area contributed by atoms with Gasteiger partial charge >= 0.3 is 0 Å². The van der Waals surface area contributed by atoms with E-state index in [0.717, 1.165) is 25.5 Å². The van der Waals surface area contributed by atoms with E-state index in [0.29, 0.717) is 17.7 Å². The molecule has 0 aliphatic carbocycles. The van der Waals surface area contributed by atoms with E-state index in [1.807, 2.05) is 10.8 Å². The SMILES string of the molecule is Cc1ccc(S(=O)(=O)Nc2cccc(C(=O)NCCCCn3ccnc3)c2)cc1F. The van der Waals surface area contributed by atoms with Crippen LogP contribution >= 0.6 is 0 Å². The van der Waals surface area contributed by atoms with Crippen LogP contribution in [-0.4, -0.2) is 30.4 Å². The molecule has 7 nitrogen and oxygen atoms in total. The Labute approximate surface area is 175 Å². The van der Waals surface area contributed by atoms with Gasteiger partial charge in [-0.1, -0.05) is 12.1 Å². The minimum Gasteiger partial charge on any atom is -0.352 e. The van der Waals surface area contributed by atoms with Gasteiger partial charge in [0.05, 0.1) is 11.2 Å². The van der Waals surface area contributed by atoms with Crippen molar-refractivity contribution in [2.75, 3.05) is 11.3 Å². The molecule has 0 spiro atoms. The minimum atomic E-state index is -3.97. The van der Waals surface area contributed by atoms with Crippen LogP contribution in [0.15, 0.2) is 66.1 Å². The molecular weight excluding hydrogens is 407 g/mol. The molecule has 0 aliphatic rings. The number of amides is 1. The van der Waals surface area contributed by atoms with Gasteiger partial charge in [0.25, 0.3) is 15.9 Å². The number of nitrogens with zero attached hydrogens (tertiary/aromatic N) is 2. The zero-order chi connectivity index (χ0) is 21.6. The van der Waals surface area contributed by atoms with E-state index in [9.17, 15) is 17.6 Å². The van der Waals surface area contributed by atoms with Crippen molar-refractivity contribution in [3.63, 3.8) is 0 Å². The lowest BCUT2D eigenvalue weighted by molar-refractivity contribution is 0.0953. The number of imidazole rings is 1. The molecule has 9 heteroatoms. The number of carbonyl (C=O) groups excluding carboxylic acids is 1. The minimum absolute atomic E-state index is 0.182. The summed E-state index contributed by atoms with van der Waals surface area (Å²) in [7, 11) is -3.97. The van der Waals surface area contributed by atoms with Gasteiger partial charge in [-0.25, -0.2) is 17.8 Å². The Morgan fingerprint density at radius 2 is 2.00 bits per heavy atom. The highest BCUT2D eigenvalue weighted by atomic mass is 32.2. The van der Waals surface area contributed by atoms with Crippen molar-refractivity contribution < 1.29 is 17.6 Å². The monoisotopic (exact) mass is 430 g/mol. The fourth-order valence-corrected chi connectivity index (χ4v) is 3.88. The standard InChI is InChI=1S/C21H23FN4O3S/c1-16-7-8-19(14-20(16)22)30(28,29)25-18-6-4-5-17(13-18)21(27)24-9-2-3-11-26-12-10-23-15-26/h4-8,10,12-15,25H,2-3,9,11H2,1H3,(H,24,27). The van der Waals surface area contributed by atoms with Crippen molar-refractivity contribution >= 4 is 21.6 Å². The molecule has 0 saturated heterocycles. The fourth-order valence-electron chi connectivity index (χ4n) is 2.82. The summed E-state index contributed by atoms with van der Waals surface area (Å²) in [6.45, 7) is 2.89. The lowest BCUT2D eigenvalue weighted by Crippen LogP contribution is -2.24. The van der Waals surface area contributed by atoms with Crippen LogP contribution in [0.2, 0.25) is 0 Å². The predicted molar refractivity (Wildman–Crippen MR) is 112 cm³/mol. The normalized spacial score (nSPS) is 11.3. The van der Waals surface area contributed by atoms with Crippen LogP contribution in [0.25, 0.3) is 0 Å². The zero-order valence-electron chi connectivity index (χ0n) is 16.5. The highest BCUT2D eigenvalue weighted by Crippen LogP contribution is 2.19. The smallest absolute Gasteiger partial charge is 0.261 e. The van der Waals surface area contributed by atoms with Crippen molar-refractivity contribution in [2.24, 2.45) is 0 Å². The largest absolute Gasteiger partial charge is 0.352 e. The maximum absolute atomic E-state index is 13.7. The second-order valence-electron chi connectivity index (χ2n) is 6.86. The van der Waals surface area contributed by atoms with Gasteiger partial charge in [-0.2, -0.15) is 0 Å². The maximum Gasteiger partial charge on any atom is 0.261 e. The molecule has 1 amide bonds. The number of nitrogens with one attached hydrogen (secondary N) is 2. The Morgan fingerprint density at radius 1 is 1.17 bits per heavy atom. The number of carbonyl (C=O) groups is 1. The summed E-state index contributed by atoms with van der Waals surface area (Å²) in [4.78, 5) is 16.1. The Kier molecular flexibility index (Phi) is 6.83. The number of unbranched alkanes of at least 4 members (excludes halogenated alkanes) is 1. The lowest BCUT2D eigenvalue weighted by atomic mass is 10.2. The second kappa shape index (κ2) is 9.53. The first kappa shape index (κ1) is 21.5. The van der Waals surface area contributed by atoms with Crippen LogP contribution < -0.4 is 10.0 Å². The van der Waals surface area contributed by atoms with E-state index < -0.39 is 15.8 Å². The number of aryl methyl sites for hydroxylation is 2. The van der Waals surface area contributed by atoms with Gasteiger partial charge in [0, 0.05) is 36.7 Å². The number of anilines is 1. The number of benzene rings is 2. The van der Waals surface area contributed by atoms with E-state index >= 15 is 0 Å². The van der Waals surface area contributed by atoms with Gasteiger partial charge in [0.15, 0.2) is 0 Å². The summed E-state index contributed by atoms with van der Waals surface area (Å²) in [6, 6.07) is 9.87. The first-order chi connectivity index (χ1) is 14.3. The molecule has 0 unspecified atom stereocenters. The average molecular weight is 431 g/mol. The van der Waals surface area contributed by atoms with Crippen molar-refractivity contribution in [1.29, 1.82) is 0 Å². The van der Waals surface area contributed by atoms with Gasteiger partial charge in [-0.05, 0) is 55.7 Å². The molecule has 3 aromatic rings. The lowest BCUT2D eigenvalue weighted by Gasteiger charge is -2.11. The number of hydrogen-bond acceptors (Lipinski definition) is 4. The quantitative estimate of drug-likeness (QED) is 0.509. The number of sulfonamides is 1. The van der Waals surface area contributed by atoms with E-state index in [2.05, 4.69) is 15.0 Å². The highest BCUT2D eigenvalue weighted by Gasteiger charge is 2.16. The van der Waals surface area contributed by atoms with Crippen molar-refractivity contribution in [3.8, 4) is 0 Å². The molecule has 0 atom stereocenters. The molecule has 1 aromatic heterocycles. The summed E-state index contributed by atoms with van der Waals surface area (Å²) in [6.07, 6.45) is 7.05. The molecule has 0 radical (unpaired) electrons. The van der Waals surface area contributed by atoms with E-state index in [4.69, 9.17) is 0 Å². The van der Waals surface area contributed by atoms with E-state index in [1.54, 1.807) is 31.6 Å². The molecular formula is C21H23FN4O3S. The highest BCUT2D eigenvalue weighted by molar-refractivity contribution is 7.92. The topological polar surface area (TPSA) is 93.1 Å². The maximum atomic E-state index is 13.7. The summed E-state index contributed by atoms with van der Waals surface area (Å²) in [5.74, 6) is -0.890. The summed E-state index contributed by atoms with van der Waals surface area (Å²) < 4.78 is 43.1. The molecule has 0 bridgehead atoms. The van der Waals surface area contributed by atoms with Gasteiger partial charge < -0.3 is 9.88 Å². The molecule has 2 aromatic carbocycles. The molecule has 0 aliphatic heterocycles. The Balaban J connectivity index is 1.56. The van der Waals surface area contributed by atoms with Gasteiger partial charge in [0.1, 0.15) is 5.82 Å². The van der Waals surface area contributed by atoms with Gasteiger partial charge in [0.2, 0.25) is 0 Å². The summed E-state index contributed by atoms with van der Waals surface area (Å²) in [5.41, 5.74) is 0.918. The van der Waals surface area contributed by atoms with E-state index in [-0.39, 0.29) is 16.5 Å². The van der Waals surface area contributed by atoms with Crippen molar-refractivity contribution in [2.45, 2.75) is 31.2 Å². The predicted octanol–water partition coefficient (Wildman–Crippen LogP) is 3.34. The molecule has 0 fully saturated rings. The zero-order valence-corrected chi connectivity index (χ0v) is 17.3. The van der Waals surface area contributed by atoms with Gasteiger partial charge in [-0.15, -0.1) is 0 Å². The molecule has 2 N–H and O–H groups in total. The molecule has 0 saturated carbocycles. The average Bonchev–Trinajstić information content (AvgIpc) is 3.23. The van der Waals surface area contributed by atoms with Crippen LogP contribution in [0.4, 0.5) is 10.1 Å². The Hall–Kier alpha value is -3.20. The first-order valence-corrected chi connectivity index (χ1v) is 11.0. The Morgan fingerprint density at radius 3 is 2.73 bits per heavy atom. The summed E-state index contributed by atoms with van der Waals surface area (Å²) >= 11 is 0. The third kappa shape index (κ3) is 5.66. The fraction of sp³-hybridized carbons (Fsp3) is 0.238. The number of rotatable bonds is 9. The van der Waals surface area contributed by atoms with Crippen LogP contribution in [0.1, 0.15) is 28.8 Å². The van der Waals surface area contributed by atoms with Crippen LogP contribution in [0, 0.1) is 12.7 Å². The van der Waals surface area contributed by atoms with Gasteiger partial charge in [-0.3, -0.25) is 9.52 Å². The number of aromatic nitrogens is 2. The van der Waals surface area contributed by atoms with Crippen molar-refractivity contribution in [1.82, 2.24) is 14.9 Å². The van der Waals surface area contributed by atoms with Crippen LogP contribution in [-0.2, 0) is 16.6 Å². The number of hydrogen-bond donors (Lipinski definition) is 2. The summed E-state index contributed by atoms with van der Waals surface area (Å²) in [5, 5.41) is 2.82. The van der Waals surface area contributed by atoms with Crippen LogP contribution in [0.5, 0.6) is 0 Å². The molecule has 30 heavy (non-hydrogen) atoms. The first-order valence-electron chi connectivity index (χ1n) is 9.48. The molecule has 3 rings (SSSR count). The molecule has 1 heterocycles. The third-order valence-electron chi connectivity index (χ3n) is 4.52. The second-order valence-corrected chi connectivity index (χ2v) is 8.54. The van der Waals surface area contributed by atoms with E-state index in [1.165, 1.54) is 24.3 Å². The number of halogens is 1. The Bertz CT molecular complexity index is 1120. The third-order valence-corrected chi connectivity index (χ3v) is 5.90.